The molecular formula is C59H44N16. The normalized spacial score (nSPS) is 11.5. The maximum Gasteiger partial charge on any atom is 0.163 e. The molecule has 0 fully saturated rings. The van der Waals surface area contributed by atoms with Gasteiger partial charge in [-0.05, 0) is 171 Å². The van der Waals surface area contributed by atoms with E-state index in [2.05, 4.69) is 95.8 Å². The summed E-state index contributed by atoms with van der Waals surface area (Å²) in [6, 6.07) is 39.5. The standard InChI is InChI=1S/C59H44N16/c1-29-18-38(27-60)20-44(19-29)55-53(74-49-14-10-40(56-66-30(2)62-31(3)67-56)23-45(49)46-24-41(11-15-50(46)74)57-68-32(4)63-33(5)69-57)21-39(28-61)22-54(55)75-51-16-12-42(58-70-34(6)64-35(7)71-58)25-47(51)48-26-43(13-17-52(48)75)59-72-36(8)65-37(9)73-59/h10-26H,1-9H3. The molecule has 360 valence electrons. The minimum Gasteiger partial charge on any atom is -0.308 e. The molecule has 0 radical (unpaired) electrons. The molecule has 0 amide bonds. The summed E-state index contributed by atoms with van der Waals surface area (Å²) in [6.07, 6.45) is 0. The SMILES string of the molecule is Cc1cc(C#N)cc(-c2c(-n3c4ccc(-c5nc(C)nc(C)n5)cc4c4cc(-c5nc(C)nc(C)n5)ccc43)cc(C#N)cc2-n2c3ccc(-c4nc(C)nc(C)n4)cc3c3cc(-c4nc(C)nc(C)n4)ccc32)c1. The van der Waals surface area contributed by atoms with E-state index in [0.717, 1.165) is 82.6 Å². The second-order valence-corrected chi connectivity index (χ2v) is 18.8. The average Bonchev–Trinajstić information content (AvgIpc) is 3.88. The van der Waals surface area contributed by atoms with Crippen LogP contribution in [0.1, 0.15) is 63.3 Å². The number of benzene rings is 6. The Hall–Kier alpha value is -10.1. The minimum absolute atomic E-state index is 0.419. The zero-order valence-corrected chi connectivity index (χ0v) is 42.5. The first kappa shape index (κ1) is 46.0. The Balaban J connectivity index is 1.21. The largest absolute Gasteiger partial charge is 0.308 e. The monoisotopic (exact) mass is 976 g/mol. The number of hydrogen-bond donors (Lipinski definition) is 0. The lowest BCUT2D eigenvalue weighted by Gasteiger charge is -2.21. The van der Waals surface area contributed by atoms with Gasteiger partial charge in [-0.2, -0.15) is 10.5 Å². The van der Waals surface area contributed by atoms with E-state index in [4.69, 9.17) is 39.9 Å². The van der Waals surface area contributed by atoms with Gasteiger partial charge >= 0.3 is 0 Å². The van der Waals surface area contributed by atoms with Crippen molar-refractivity contribution in [2.24, 2.45) is 0 Å². The first-order valence-corrected chi connectivity index (χ1v) is 24.2. The Bertz CT molecular complexity index is 3970. The zero-order valence-electron chi connectivity index (χ0n) is 42.5. The van der Waals surface area contributed by atoms with Crippen molar-refractivity contribution >= 4 is 43.6 Å². The van der Waals surface area contributed by atoms with E-state index in [0.29, 0.717) is 92.4 Å². The van der Waals surface area contributed by atoms with Crippen LogP contribution < -0.4 is 0 Å². The number of fused-ring (bicyclic) bond motifs is 6. The van der Waals surface area contributed by atoms with Crippen LogP contribution in [0.15, 0.2) is 103 Å². The molecular weight excluding hydrogens is 933 g/mol. The van der Waals surface area contributed by atoms with E-state index in [9.17, 15) is 10.5 Å². The summed E-state index contributed by atoms with van der Waals surface area (Å²) in [4.78, 5) is 55.8. The van der Waals surface area contributed by atoms with Crippen molar-refractivity contribution < 1.29 is 0 Å². The summed E-state index contributed by atoms with van der Waals surface area (Å²) in [5.74, 6) is 7.17. The van der Waals surface area contributed by atoms with Crippen molar-refractivity contribution in [2.45, 2.75) is 62.3 Å². The van der Waals surface area contributed by atoms with Gasteiger partial charge in [0, 0.05) is 49.4 Å². The van der Waals surface area contributed by atoms with E-state index in [1.54, 1.807) is 0 Å². The van der Waals surface area contributed by atoms with Crippen molar-refractivity contribution in [3.05, 3.63) is 166 Å². The van der Waals surface area contributed by atoms with Gasteiger partial charge in [0.25, 0.3) is 0 Å². The molecule has 6 aromatic heterocycles. The lowest BCUT2D eigenvalue weighted by Crippen LogP contribution is -2.05. The molecule has 75 heavy (non-hydrogen) atoms. The number of aromatic nitrogens is 14. The van der Waals surface area contributed by atoms with E-state index < -0.39 is 0 Å². The third kappa shape index (κ3) is 8.11. The Morgan fingerprint density at radius 1 is 0.307 bits per heavy atom. The molecule has 0 unspecified atom stereocenters. The van der Waals surface area contributed by atoms with Gasteiger partial charge in [-0.1, -0.05) is 6.07 Å². The van der Waals surface area contributed by atoms with Crippen LogP contribution in [-0.2, 0) is 0 Å². The maximum absolute atomic E-state index is 11.2. The molecule has 6 heterocycles. The van der Waals surface area contributed by atoms with E-state index in [-0.39, 0.29) is 0 Å². The predicted octanol–water partition coefficient (Wildman–Crippen LogP) is 11.5. The van der Waals surface area contributed by atoms with Crippen LogP contribution in [0.25, 0.3) is 112 Å². The van der Waals surface area contributed by atoms with Crippen LogP contribution in [0.5, 0.6) is 0 Å². The molecule has 0 spiro atoms. The topological polar surface area (TPSA) is 212 Å². The maximum atomic E-state index is 11.2. The molecule has 0 atom stereocenters. The molecule has 12 aromatic rings. The third-order valence-corrected chi connectivity index (χ3v) is 13.2. The van der Waals surface area contributed by atoms with Crippen LogP contribution in [0.3, 0.4) is 0 Å². The molecule has 0 saturated carbocycles. The fourth-order valence-corrected chi connectivity index (χ4v) is 10.4. The van der Waals surface area contributed by atoms with Crippen molar-refractivity contribution in [1.82, 2.24) is 68.9 Å². The highest BCUT2D eigenvalue weighted by Gasteiger charge is 2.26. The van der Waals surface area contributed by atoms with Crippen LogP contribution >= 0.6 is 0 Å². The van der Waals surface area contributed by atoms with Crippen molar-refractivity contribution in [1.29, 1.82) is 10.5 Å². The molecule has 16 heteroatoms. The number of nitrogens with zero attached hydrogens (tertiary/aromatic N) is 16. The molecule has 6 aromatic carbocycles. The molecule has 12 rings (SSSR count). The molecule has 0 aliphatic heterocycles. The number of rotatable bonds is 7. The van der Waals surface area contributed by atoms with Crippen LogP contribution in [-0.4, -0.2) is 68.9 Å². The van der Waals surface area contributed by atoms with Gasteiger partial charge in [0.15, 0.2) is 23.3 Å². The first-order valence-electron chi connectivity index (χ1n) is 24.2. The fraction of sp³-hybridized carbons (Fsp3) is 0.153. The summed E-state index contributed by atoms with van der Waals surface area (Å²) in [6.45, 7) is 16.9. The Morgan fingerprint density at radius 3 is 0.867 bits per heavy atom. The average molecular weight is 977 g/mol. The fourth-order valence-electron chi connectivity index (χ4n) is 10.4. The Kier molecular flexibility index (Phi) is 10.8. The van der Waals surface area contributed by atoms with Gasteiger partial charge < -0.3 is 9.13 Å². The highest BCUT2D eigenvalue weighted by Crippen LogP contribution is 2.45. The number of nitriles is 2. The van der Waals surface area contributed by atoms with Gasteiger partial charge in [-0.3, -0.25) is 0 Å². The van der Waals surface area contributed by atoms with E-state index in [1.165, 1.54) is 0 Å². The first-order chi connectivity index (χ1) is 36.2. The molecule has 0 bridgehead atoms. The van der Waals surface area contributed by atoms with Gasteiger partial charge in [0.2, 0.25) is 0 Å². The van der Waals surface area contributed by atoms with Gasteiger partial charge in [0.05, 0.1) is 56.7 Å². The second kappa shape index (κ2) is 17.6. The summed E-state index contributed by atoms with van der Waals surface area (Å²) >= 11 is 0. The van der Waals surface area contributed by atoms with Gasteiger partial charge in [0.1, 0.15) is 46.6 Å². The summed E-state index contributed by atoms with van der Waals surface area (Å²) in [5, 5.41) is 25.3. The number of hydrogen-bond acceptors (Lipinski definition) is 14. The van der Waals surface area contributed by atoms with Crippen molar-refractivity contribution in [3.63, 3.8) is 0 Å². The van der Waals surface area contributed by atoms with Crippen molar-refractivity contribution in [2.75, 3.05) is 0 Å². The lowest BCUT2D eigenvalue weighted by molar-refractivity contribution is 0.928. The summed E-state index contributed by atoms with van der Waals surface area (Å²) < 4.78 is 4.42. The molecule has 0 N–H and O–H groups in total. The van der Waals surface area contributed by atoms with Gasteiger partial charge in [-0.25, -0.2) is 59.8 Å². The third-order valence-electron chi connectivity index (χ3n) is 13.2. The highest BCUT2D eigenvalue weighted by molar-refractivity contribution is 6.14. The van der Waals surface area contributed by atoms with Gasteiger partial charge in [-0.15, -0.1) is 0 Å². The Labute approximate surface area is 430 Å². The van der Waals surface area contributed by atoms with E-state index >= 15 is 0 Å². The molecule has 16 nitrogen and oxygen atoms in total. The molecule has 0 aliphatic rings. The van der Waals surface area contributed by atoms with Crippen LogP contribution in [0.4, 0.5) is 0 Å². The quantitative estimate of drug-likeness (QED) is 0.145. The summed E-state index contributed by atoms with van der Waals surface area (Å²) in [5.41, 5.74) is 11.5. The number of aryl methyl sites for hydroxylation is 9. The minimum atomic E-state index is 0.419. The predicted molar refractivity (Wildman–Crippen MR) is 288 cm³/mol. The van der Waals surface area contributed by atoms with Crippen LogP contribution in [0.2, 0.25) is 0 Å². The molecule has 0 saturated heterocycles. The summed E-state index contributed by atoms with van der Waals surface area (Å²) in [7, 11) is 0. The van der Waals surface area contributed by atoms with Crippen LogP contribution in [0, 0.1) is 85.0 Å². The van der Waals surface area contributed by atoms with E-state index in [1.807, 2.05) is 111 Å². The van der Waals surface area contributed by atoms with Crippen molar-refractivity contribution in [3.8, 4) is 80.2 Å². The second-order valence-electron chi connectivity index (χ2n) is 18.8. The smallest absolute Gasteiger partial charge is 0.163 e. The Morgan fingerprint density at radius 2 is 0.587 bits per heavy atom. The zero-order chi connectivity index (χ0) is 52.0. The molecule has 0 aliphatic carbocycles. The highest BCUT2D eigenvalue weighted by atomic mass is 15.1. The lowest BCUT2D eigenvalue weighted by atomic mass is 9.95.